The molecular formula is C15H21N3S. The second kappa shape index (κ2) is 5.10. The van der Waals surface area contributed by atoms with Gasteiger partial charge in [0, 0.05) is 19.1 Å². The lowest BCUT2D eigenvalue weighted by atomic mass is 10.1. The predicted octanol–water partition coefficient (Wildman–Crippen LogP) is 3.50. The highest BCUT2D eigenvalue weighted by Crippen LogP contribution is 2.31. The summed E-state index contributed by atoms with van der Waals surface area (Å²) < 4.78 is 1.20. The summed E-state index contributed by atoms with van der Waals surface area (Å²) in [6.07, 6.45) is 2.82. The zero-order valence-corrected chi connectivity index (χ0v) is 12.4. The third-order valence-corrected chi connectivity index (χ3v) is 4.62. The van der Waals surface area contributed by atoms with Crippen molar-refractivity contribution < 1.29 is 0 Å². The van der Waals surface area contributed by atoms with Gasteiger partial charge < -0.3 is 5.73 Å². The Labute approximate surface area is 118 Å². The van der Waals surface area contributed by atoms with E-state index in [9.17, 15) is 0 Å². The summed E-state index contributed by atoms with van der Waals surface area (Å²) in [6.45, 7) is 6.83. The lowest BCUT2D eigenvalue weighted by Crippen LogP contribution is -2.32. The van der Waals surface area contributed by atoms with Crippen molar-refractivity contribution in [3.63, 3.8) is 0 Å². The molecule has 0 bridgehead atoms. The van der Waals surface area contributed by atoms with Crippen molar-refractivity contribution in [3.8, 4) is 0 Å². The van der Waals surface area contributed by atoms with Gasteiger partial charge >= 0.3 is 0 Å². The van der Waals surface area contributed by atoms with Gasteiger partial charge in [-0.1, -0.05) is 17.4 Å². The van der Waals surface area contributed by atoms with E-state index >= 15 is 0 Å². The first-order valence-electron chi connectivity index (χ1n) is 7.01. The van der Waals surface area contributed by atoms with Gasteiger partial charge in [0.1, 0.15) is 0 Å². The standard InChI is InChI=1S/C15H21N3S/c1-10(2)18(8-11-3-4-11)9-12-5-6-13-14(7-12)19-15(16)17-13/h5-7,10-11H,3-4,8-9H2,1-2H3,(H2,16,17). The predicted molar refractivity (Wildman–Crippen MR) is 82.3 cm³/mol. The summed E-state index contributed by atoms with van der Waals surface area (Å²) in [6, 6.07) is 7.12. The fourth-order valence-electron chi connectivity index (χ4n) is 2.41. The van der Waals surface area contributed by atoms with E-state index in [1.54, 1.807) is 11.3 Å². The van der Waals surface area contributed by atoms with Gasteiger partial charge in [0.05, 0.1) is 10.2 Å². The van der Waals surface area contributed by atoms with Gasteiger partial charge in [-0.3, -0.25) is 4.90 Å². The van der Waals surface area contributed by atoms with Crippen LogP contribution in [0, 0.1) is 5.92 Å². The molecule has 19 heavy (non-hydrogen) atoms. The minimum Gasteiger partial charge on any atom is -0.375 e. The van der Waals surface area contributed by atoms with E-state index in [4.69, 9.17) is 5.73 Å². The number of nitrogen functional groups attached to an aromatic ring is 1. The Morgan fingerprint density at radius 3 is 2.89 bits per heavy atom. The Hall–Kier alpha value is -1.13. The van der Waals surface area contributed by atoms with Gasteiger partial charge in [0.15, 0.2) is 5.13 Å². The van der Waals surface area contributed by atoms with E-state index in [0.29, 0.717) is 11.2 Å². The van der Waals surface area contributed by atoms with Crippen molar-refractivity contribution in [1.29, 1.82) is 0 Å². The largest absolute Gasteiger partial charge is 0.375 e. The Bertz CT molecular complexity index is 572. The Kier molecular flexibility index (Phi) is 3.46. The van der Waals surface area contributed by atoms with E-state index in [-0.39, 0.29) is 0 Å². The molecule has 0 amide bonds. The maximum Gasteiger partial charge on any atom is 0.181 e. The summed E-state index contributed by atoms with van der Waals surface area (Å²) in [5.74, 6) is 0.935. The van der Waals surface area contributed by atoms with Gasteiger partial charge in [-0.2, -0.15) is 0 Å². The normalized spacial score (nSPS) is 15.8. The Morgan fingerprint density at radius 1 is 1.42 bits per heavy atom. The number of hydrogen-bond donors (Lipinski definition) is 1. The third kappa shape index (κ3) is 3.07. The molecule has 1 aromatic heterocycles. The first kappa shape index (κ1) is 12.9. The maximum atomic E-state index is 5.76. The third-order valence-electron chi connectivity index (χ3n) is 3.77. The zero-order chi connectivity index (χ0) is 13.4. The van der Waals surface area contributed by atoms with Gasteiger partial charge in [-0.15, -0.1) is 0 Å². The monoisotopic (exact) mass is 275 g/mol. The molecule has 0 aliphatic heterocycles. The van der Waals surface area contributed by atoms with Crippen LogP contribution in [0.2, 0.25) is 0 Å². The highest BCUT2D eigenvalue weighted by atomic mass is 32.1. The summed E-state index contributed by atoms with van der Waals surface area (Å²) in [5.41, 5.74) is 8.15. The molecule has 0 radical (unpaired) electrons. The average Bonchev–Trinajstić information content (AvgIpc) is 3.08. The van der Waals surface area contributed by atoms with E-state index in [0.717, 1.165) is 18.0 Å². The summed E-state index contributed by atoms with van der Waals surface area (Å²) in [7, 11) is 0. The highest BCUT2D eigenvalue weighted by Gasteiger charge is 2.25. The molecular weight excluding hydrogens is 254 g/mol. The zero-order valence-electron chi connectivity index (χ0n) is 11.6. The highest BCUT2D eigenvalue weighted by molar-refractivity contribution is 7.22. The van der Waals surface area contributed by atoms with Crippen LogP contribution in [0.15, 0.2) is 18.2 Å². The second-order valence-electron chi connectivity index (χ2n) is 5.82. The molecule has 0 saturated heterocycles. The van der Waals surface area contributed by atoms with E-state index in [1.165, 1.54) is 29.6 Å². The topological polar surface area (TPSA) is 42.2 Å². The molecule has 3 nitrogen and oxygen atoms in total. The molecule has 0 spiro atoms. The maximum absolute atomic E-state index is 5.76. The minimum atomic E-state index is 0.600. The molecule has 1 aliphatic rings. The molecule has 4 heteroatoms. The smallest absolute Gasteiger partial charge is 0.181 e. The van der Waals surface area contributed by atoms with E-state index in [1.807, 2.05) is 0 Å². The first-order valence-corrected chi connectivity index (χ1v) is 7.82. The van der Waals surface area contributed by atoms with Crippen LogP contribution in [0.25, 0.3) is 10.2 Å². The molecule has 3 rings (SSSR count). The number of nitrogens with two attached hydrogens (primary N) is 1. The number of nitrogens with zero attached hydrogens (tertiary/aromatic N) is 2. The number of benzene rings is 1. The Balaban J connectivity index is 1.77. The van der Waals surface area contributed by atoms with Crippen molar-refractivity contribution in [2.75, 3.05) is 12.3 Å². The van der Waals surface area contributed by atoms with Crippen LogP contribution in [-0.4, -0.2) is 22.5 Å². The molecule has 1 fully saturated rings. The average molecular weight is 275 g/mol. The number of rotatable bonds is 5. The number of thiazole rings is 1. The first-order chi connectivity index (χ1) is 9.11. The molecule has 0 unspecified atom stereocenters. The quantitative estimate of drug-likeness (QED) is 0.908. The lowest BCUT2D eigenvalue weighted by Gasteiger charge is -2.26. The van der Waals surface area contributed by atoms with Crippen LogP contribution in [0.3, 0.4) is 0 Å². The summed E-state index contributed by atoms with van der Waals surface area (Å²) in [5, 5.41) is 0.658. The van der Waals surface area contributed by atoms with Crippen molar-refractivity contribution >= 4 is 26.7 Å². The van der Waals surface area contributed by atoms with Crippen molar-refractivity contribution in [2.24, 2.45) is 5.92 Å². The minimum absolute atomic E-state index is 0.600. The van der Waals surface area contributed by atoms with Crippen molar-refractivity contribution in [1.82, 2.24) is 9.88 Å². The summed E-state index contributed by atoms with van der Waals surface area (Å²) >= 11 is 1.58. The molecule has 102 valence electrons. The SMILES string of the molecule is CC(C)N(Cc1ccc2nc(N)sc2c1)CC1CC1. The van der Waals surface area contributed by atoms with Crippen molar-refractivity contribution in [3.05, 3.63) is 23.8 Å². The van der Waals surface area contributed by atoms with Gasteiger partial charge in [-0.25, -0.2) is 4.98 Å². The van der Waals surface area contributed by atoms with Crippen LogP contribution in [0.5, 0.6) is 0 Å². The summed E-state index contributed by atoms with van der Waals surface area (Å²) in [4.78, 5) is 6.88. The van der Waals surface area contributed by atoms with Gasteiger partial charge in [-0.05, 0) is 50.3 Å². The molecule has 1 aliphatic carbocycles. The Morgan fingerprint density at radius 2 is 2.21 bits per heavy atom. The van der Waals surface area contributed by atoms with E-state index in [2.05, 4.69) is 41.9 Å². The fourth-order valence-corrected chi connectivity index (χ4v) is 3.21. The molecule has 1 heterocycles. The number of anilines is 1. The molecule has 1 saturated carbocycles. The van der Waals surface area contributed by atoms with Crippen LogP contribution < -0.4 is 5.73 Å². The lowest BCUT2D eigenvalue weighted by molar-refractivity contribution is 0.204. The number of fused-ring (bicyclic) bond motifs is 1. The number of aromatic nitrogens is 1. The van der Waals surface area contributed by atoms with Crippen LogP contribution >= 0.6 is 11.3 Å². The van der Waals surface area contributed by atoms with Crippen LogP contribution in [0.1, 0.15) is 32.3 Å². The molecule has 2 aromatic rings. The van der Waals surface area contributed by atoms with Gasteiger partial charge in [0.2, 0.25) is 0 Å². The van der Waals surface area contributed by atoms with Crippen molar-refractivity contribution in [2.45, 2.75) is 39.3 Å². The molecule has 1 aromatic carbocycles. The fraction of sp³-hybridized carbons (Fsp3) is 0.533. The van der Waals surface area contributed by atoms with Gasteiger partial charge in [0.25, 0.3) is 0 Å². The van der Waals surface area contributed by atoms with E-state index < -0.39 is 0 Å². The van der Waals surface area contributed by atoms with Crippen LogP contribution in [0.4, 0.5) is 5.13 Å². The molecule has 0 atom stereocenters. The number of hydrogen-bond acceptors (Lipinski definition) is 4. The second-order valence-corrected chi connectivity index (χ2v) is 6.88. The van der Waals surface area contributed by atoms with Crippen LogP contribution in [-0.2, 0) is 6.54 Å². The molecule has 2 N–H and O–H groups in total.